The molecule has 0 bridgehead atoms. The number of nitrogens with zero attached hydrogens (tertiary/aromatic N) is 5. The Morgan fingerprint density at radius 1 is 1.00 bits per heavy atom. The third-order valence-electron chi connectivity index (χ3n) is 6.41. The molecule has 0 spiro atoms. The van der Waals surface area contributed by atoms with E-state index in [2.05, 4.69) is 30.6 Å². The Bertz CT molecular complexity index is 1050. The van der Waals surface area contributed by atoms with Gasteiger partial charge in [0, 0.05) is 36.3 Å². The Kier molecular flexibility index (Phi) is 5.51. The van der Waals surface area contributed by atoms with Gasteiger partial charge in [0.05, 0.1) is 17.6 Å². The maximum Gasteiger partial charge on any atom is 0.151 e. The molecule has 0 unspecified atom stereocenters. The number of rotatable bonds is 6. The van der Waals surface area contributed by atoms with Crippen LogP contribution in [0.1, 0.15) is 38.3 Å². The predicted octanol–water partition coefficient (Wildman–Crippen LogP) is 3.59. The number of benzene rings is 1. The standard InChI is InChI=1S/C24H28N6O/c1-2-18-12-17(14-25-27-18)16-6-7-21(23(31)13-16)22-8-9-24(29-28-22)30-11-10-20(15-30)26-19-4-3-5-19/h6-9,12-14,19-20,26,31H,2-5,10-11,15H2,1H3/t20-/m1/s1. The van der Waals surface area contributed by atoms with Crippen molar-refractivity contribution in [1.82, 2.24) is 25.7 Å². The Labute approximate surface area is 182 Å². The van der Waals surface area contributed by atoms with E-state index in [1.165, 1.54) is 19.3 Å². The van der Waals surface area contributed by atoms with Gasteiger partial charge >= 0.3 is 0 Å². The van der Waals surface area contributed by atoms with Crippen molar-refractivity contribution in [2.75, 3.05) is 18.0 Å². The molecule has 2 aromatic heterocycles. The normalized spacial score (nSPS) is 18.9. The highest BCUT2D eigenvalue weighted by molar-refractivity contribution is 5.74. The van der Waals surface area contributed by atoms with Crippen molar-refractivity contribution < 1.29 is 5.11 Å². The molecule has 31 heavy (non-hydrogen) atoms. The van der Waals surface area contributed by atoms with Crippen molar-refractivity contribution in [3.05, 3.63) is 48.3 Å². The van der Waals surface area contributed by atoms with Gasteiger partial charge in [-0.15, -0.1) is 10.2 Å². The molecule has 0 radical (unpaired) electrons. The second-order valence-electron chi connectivity index (χ2n) is 8.52. The lowest BCUT2D eigenvalue weighted by Crippen LogP contribution is -2.43. The van der Waals surface area contributed by atoms with Crippen molar-refractivity contribution >= 4 is 5.82 Å². The van der Waals surface area contributed by atoms with Crippen LogP contribution in [0, 0.1) is 0 Å². The van der Waals surface area contributed by atoms with E-state index in [1.54, 1.807) is 12.3 Å². The van der Waals surface area contributed by atoms with Gasteiger partial charge in [0.2, 0.25) is 0 Å². The van der Waals surface area contributed by atoms with Gasteiger partial charge in [0.1, 0.15) is 5.75 Å². The first-order valence-electron chi connectivity index (χ1n) is 11.2. The summed E-state index contributed by atoms with van der Waals surface area (Å²) in [7, 11) is 0. The highest BCUT2D eigenvalue weighted by Crippen LogP contribution is 2.33. The quantitative estimate of drug-likeness (QED) is 0.635. The van der Waals surface area contributed by atoms with Crippen molar-refractivity contribution in [2.24, 2.45) is 0 Å². The zero-order chi connectivity index (χ0) is 21.2. The Balaban J connectivity index is 1.29. The number of phenols is 1. The van der Waals surface area contributed by atoms with Crippen LogP contribution in [0.25, 0.3) is 22.4 Å². The Morgan fingerprint density at radius 3 is 2.61 bits per heavy atom. The Hall–Kier alpha value is -3.06. The number of aromatic nitrogens is 4. The van der Waals surface area contributed by atoms with E-state index in [-0.39, 0.29) is 5.75 Å². The minimum Gasteiger partial charge on any atom is -0.507 e. The van der Waals surface area contributed by atoms with Gasteiger partial charge < -0.3 is 15.3 Å². The number of hydrogen-bond acceptors (Lipinski definition) is 7. The van der Waals surface area contributed by atoms with Crippen molar-refractivity contribution in [3.63, 3.8) is 0 Å². The predicted molar refractivity (Wildman–Crippen MR) is 121 cm³/mol. The molecule has 7 nitrogen and oxygen atoms in total. The van der Waals surface area contributed by atoms with Gasteiger partial charge in [0.15, 0.2) is 5.82 Å². The monoisotopic (exact) mass is 416 g/mol. The first-order valence-corrected chi connectivity index (χ1v) is 11.2. The molecule has 1 aliphatic heterocycles. The van der Waals surface area contributed by atoms with E-state index in [9.17, 15) is 5.11 Å². The van der Waals surface area contributed by atoms with Gasteiger partial charge in [-0.3, -0.25) is 0 Å². The fraction of sp³-hybridized carbons (Fsp3) is 0.417. The molecular weight excluding hydrogens is 388 g/mol. The molecule has 1 aromatic carbocycles. The maximum atomic E-state index is 10.6. The van der Waals surface area contributed by atoms with Crippen molar-refractivity contribution in [2.45, 2.75) is 51.1 Å². The zero-order valence-corrected chi connectivity index (χ0v) is 17.8. The highest BCUT2D eigenvalue weighted by atomic mass is 16.3. The molecule has 160 valence electrons. The summed E-state index contributed by atoms with van der Waals surface area (Å²) in [6, 6.07) is 12.8. The summed E-state index contributed by atoms with van der Waals surface area (Å²) in [4.78, 5) is 2.29. The first kappa shape index (κ1) is 19.9. The molecule has 1 aliphatic carbocycles. The molecule has 1 saturated carbocycles. The van der Waals surface area contributed by atoms with Crippen LogP contribution in [0.2, 0.25) is 0 Å². The average molecular weight is 417 g/mol. The van der Waals surface area contributed by atoms with E-state index >= 15 is 0 Å². The van der Waals surface area contributed by atoms with E-state index < -0.39 is 0 Å². The average Bonchev–Trinajstić information content (AvgIpc) is 3.25. The van der Waals surface area contributed by atoms with Crippen LogP contribution in [-0.2, 0) is 6.42 Å². The minimum atomic E-state index is 0.181. The largest absolute Gasteiger partial charge is 0.507 e. The lowest BCUT2D eigenvalue weighted by molar-refractivity contribution is 0.311. The second kappa shape index (κ2) is 8.59. The van der Waals surface area contributed by atoms with Gasteiger partial charge in [-0.05, 0) is 61.6 Å². The van der Waals surface area contributed by atoms with Crippen molar-refractivity contribution in [3.8, 4) is 28.1 Å². The Morgan fingerprint density at radius 2 is 1.90 bits per heavy atom. The summed E-state index contributed by atoms with van der Waals surface area (Å²) in [5, 5.41) is 31.4. The summed E-state index contributed by atoms with van der Waals surface area (Å²) in [5.74, 6) is 1.08. The smallest absolute Gasteiger partial charge is 0.151 e. The lowest BCUT2D eigenvalue weighted by atomic mass is 9.92. The summed E-state index contributed by atoms with van der Waals surface area (Å²) >= 11 is 0. The number of aryl methyl sites for hydroxylation is 1. The van der Waals surface area contributed by atoms with E-state index in [4.69, 9.17) is 0 Å². The van der Waals surface area contributed by atoms with Crippen LogP contribution < -0.4 is 10.2 Å². The third-order valence-corrected chi connectivity index (χ3v) is 6.41. The van der Waals surface area contributed by atoms with Crippen molar-refractivity contribution in [1.29, 1.82) is 0 Å². The summed E-state index contributed by atoms with van der Waals surface area (Å²) in [5.41, 5.74) is 4.10. The molecule has 2 aliphatic rings. The summed E-state index contributed by atoms with van der Waals surface area (Å²) in [6.45, 7) is 4.02. The van der Waals surface area contributed by atoms with E-state index in [1.807, 2.05) is 37.3 Å². The molecule has 5 rings (SSSR count). The molecule has 1 atom stereocenters. The van der Waals surface area contributed by atoms with Gasteiger partial charge in [-0.25, -0.2) is 0 Å². The molecule has 0 amide bonds. The number of aromatic hydroxyl groups is 1. The fourth-order valence-electron chi connectivity index (χ4n) is 4.32. The molecule has 3 aromatic rings. The number of nitrogens with one attached hydrogen (secondary N) is 1. The number of anilines is 1. The topological polar surface area (TPSA) is 87.1 Å². The number of hydrogen-bond donors (Lipinski definition) is 2. The van der Waals surface area contributed by atoms with Gasteiger partial charge in [0.25, 0.3) is 0 Å². The van der Waals surface area contributed by atoms with Gasteiger partial charge in [-0.1, -0.05) is 19.4 Å². The summed E-state index contributed by atoms with van der Waals surface area (Å²) in [6.07, 6.45) is 7.65. The van der Waals surface area contributed by atoms with E-state index in [0.717, 1.165) is 48.6 Å². The van der Waals surface area contributed by atoms with Crippen LogP contribution in [-0.4, -0.2) is 50.7 Å². The lowest BCUT2D eigenvalue weighted by Gasteiger charge is -2.29. The van der Waals surface area contributed by atoms with Crippen LogP contribution in [0.4, 0.5) is 5.82 Å². The van der Waals surface area contributed by atoms with E-state index in [0.29, 0.717) is 23.3 Å². The first-order chi connectivity index (χ1) is 15.2. The molecule has 7 heteroatoms. The molecular formula is C24H28N6O. The minimum absolute atomic E-state index is 0.181. The van der Waals surface area contributed by atoms with Gasteiger partial charge in [-0.2, -0.15) is 10.2 Å². The number of phenolic OH excluding ortho intramolecular Hbond substituents is 1. The zero-order valence-electron chi connectivity index (χ0n) is 17.8. The molecule has 1 saturated heterocycles. The van der Waals surface area contributed by atoms with Crippen LogP contribution >= 0.6 is 0 Å². The van der Waals surface area contributed by atoms with Crippen LogP contribution in [0.15, 0.2) is 42.6 Å². The second-order valence-corrected chi connectivity index (χ2v) is 8.52. The highest BCUT2D eigenvalue weighted by Gasteiger charge is 2.27. The molecule has 2 N–H and O–H groups in total. The third kappa shape index (κ3) is 4.23. The fourth-order valence-corrected chi connectivity index (χ4v) is 4.32. The maximum absolute atomic E-state index is 10.6. The SMILES string of the molecule is CCc1cc(-c2ccc(-c3ccc(N4CC[C@@H](NC5CCC5)C4)nn3)c(O)c2)cnn1. The molecule has 2 fully saturated rings. The van der Waals surface area contributed by atoms with Crippen LogP contribution in [0.3, 0.4) is 0 Å². The molecule has 3 heterocycles. The van der Waals surface area contributed by atoms with Crippen LogP contribution in [0.5, 0.6) is 5.75 Å². The summed E-state index contributed by atoms with van der Waals surface area (Å²) < 4.78 is 0.